The summed E-state index contributed by atoms with van der Waals surface area (Å²) in [7, 11) is -1.27. The van der Waals surface area contributed by atoms with E-state index >= 15 is 0 Å². The molecule has 0 bridgehead atoms. The van der Waals surface area contributed by atoms with E-state index in [4.69, 9.17) is 4.74 Å². The molecule has 0 spiro atoms. The molecular formula is C24H24N2O7S. The number of allylic oxidation sites excluding steroid dienone is 4. The Bertz CT molecular complexity index is 1160. The molecule has 1 fully saturated rings. The number of amides is 2. The Morgan fingerprint density at radius 1 is 1.06 bits per heavy atom. The third-order valence-corrected chi connectivity index (χ3v) is 7.95. The van der Waals surface area contributed by atoms with Gasteiger partial charge in [0.05, 0.1) is 17.9 Å². The van der Waals surface area contributed by atoms with Crippen molar-refractivity contribution in [2.75, 3.05) is 7.11 Å². The molecule has 1 aromatic carbocycles. The van der Waals surface area contributed by atoms with Crippen LogP contribution in [0.1, 0.15) is 31.1 Å². The Hall–Kier alpha value is -3.66. The number of esters is 1. The molecule has 9 nitrogen and oxygen atoms in total. The number of hydrogen-bond acceptors (Lipinski definition) is 7. The standard InChI is InChI=1S/C24H24N2O7S/c1-5-10-16(27)24(17(28)11-6-2)14(3)19(23(31)33-4)26-21(30)18(22(26)34(24)32)25-20(29)15-12-8-7-9-13-15/h5-13,18,22H,1-4H3,(H,25,29)/b10-5+,11-6+/t18-,22-,34?/m1/s1. The van der Waals surface area contributed by atoms with Crippen LogP contribution in [0.3, 0.4) is 0 Å². The van der Waals surface area contributed by atoms with Crippen molar-refractivity contribution in [2.24, 2.45) is 0 Å². The van der Waals surface area contributed by atoms with Gasteiger partial charge in [-0.3, -0.25) is 28.3 Å². The first kappa shape index (κ1) is 25.0. The summed E-state index contributed by atoms with van der Waals surface area (Å²) in [4.78, 5) is 66.0. The number of carbonyl (C=O) groups excluding carboxylic acids is 5. The van der Waals surface area contributed by atoms with Crippen LogP contribution in [0.25, 0.3) is 0 Å². The number of β-lactam (4-membered cyclic amide) rings is 1. The number of hydrogen-bond donors (Lipinski definition) is 1. The van der Waals surface area contributed by atoms with E-state index in [2.05, 4.69) is 5.32 Å². The van der Waals surface area contributed by atoms with Crippen LogP contribution in [0.2, 0.25) is 0 Å². The van der Waals surface area contributed by atoms with Crippen LogP contribution in [-0.4, -0.2) is 61.7 Å². The molecule has 2 heterocycles. The highest BCUT2D eigenvalue weighted by Crippen LogP contribution is 2.45. The molecule has 0 radical (unpaired) electrons. The summed E-state index contributed by atoms with van der Waals surface area (Å²) >= 11 is 0. The highest BCUT2D eigenvalue weighted by atomic mass is 32.2. The quantitative estimate of drug-likeness (QED) is 0.267. The highest BCUT2D eigenvalue weighted by molar-refractivity contribution is 7.89. The zero-order valence-corrected chi connectivity index (χ0v) is 19.9. The molecular weight excluding hydrogens is 460 g/mol. The molecule has 0 aromatic heterocycles. The largest absolute Gasteiger partial charge is 0.464 e. The van der Waals surface area contributed by atoms with Crippen molar-refractivity contribution in [3.63, 3.8) is 0 Å². The molecule has 34 heavy (non-hydrogen) atoms. The van der Waals surface area contributed by atoms with E-state index in [0.717, 1.165) is 24.2 Å². The first-order valence-electron chi connectivity index (χ1n) is 10.4. The minimum absolute atomic E-state index is 0.152. The Kier molecular flexibility index (Phi) is 7.11. The van der Waals surface area contributed by atoms with Gasteiger partial charge in [-0.15, -0.1) is 0 Å². The van der Waals surface area contributed by atoms with Gasteiger partial charge in [0.2, 0.25) is 0 Å². The third-order valence-electron chi connectivity index (χ3n) is 5.72. The van der Waals surface area contributed by atoms with Gasteiger partial charge in [0, 0.05) is 5.56 Å². The molecule has 1 aromatic rings. The summed E-state index contributed by atoms with van der Waals surface area (Å²) in [5.41, 5.74) is -0.226. The number of nitrogens with one attached hydrogen (secondary N) is 1. The molecule has 3 atom stereocenters. The molecule has 3 rings (SSSR count). The fourth-order valence-corrected chi connectivity index (χ4v) is 6.25. The maximum Gasteiger partial charge on any atom is 0.354 e. The second-order valence-corrected chi connectivity index (χ2v) is 9.28. The summed E-state index contributed by atoms with van der Waals surface area (Å²) in [5, 5.41) is 1.20. The van der Waals surface area contributed by atoms with Gasteiger partial charge in [0.1, 0.15) is 17.1 Å². The number of rotatable bonds is 7. The third kappa shape index (κ3) is 3.63. The normalized spacial score (nSPS) is 23.5. The van der Waals surface area contributed by atoms with Gasteiger partial charge in [0.15, 0.2) is 16.3 Å². The van der Waals surface area contributed by atoms with Gasteiger partial charge in [-0.2, -0.15) is 0 Å². The maximum atomic E-state index is 14.0. The highest BCUT2D eigenvalue weighted by Gasteiger charge is 2.67. The molecule has 1 unspecified atom stereocenters. The number of benzene rings is 1. The Morgan fingerprint density at radius 2 is 1.62 bits per heavy atom. The van der Waals surface area contributed by atoms with Gasteiger partial charge >= 0.3 is 5.97 Å². The Labute approximate surface area is 199 Å². The van der Waals surface area contributed by atoms with E-state index in [9.17, 15) is 28.2 Å². The second-order valence-electron chi connectivity index (χ2n) is 7.59. The van der Waals surface area contributed by atoms with E-state index in [1.54, 1.807) is 32.0 Å². The molecule has 1 N–H and O–H groups in total. The van der Waals surface area contributed by atoms with E-state index in [0.29, 0.717) is 0 Å². The number of methoxy groups -OCH3 is 1. The van der Waals surface area contributed by atoms with Crippen LogP contribution >= 0.6 is 0 Å². The monoisotopic (exact) mass is 484 g/mol. The first-order chi connectivity index (χ1) is 16.2. The predicted octanol–water partition coefficient (Wildman–Crippen LogP) is 1.19. The number of ether oxygens (including phenoxy) is 1. The molecule has 178 valence electrons. The van der Waals surface area contributed by atoms with Gasteiger partial charge in [-0.05, 0) is 50.6 Å². The van der Waals surface area contributed by atoms with Crippen LogP contribution < -0.4 is 5.32 Å². The number of fused-ring (bicyclic) bond motifs is 1. The van der Waals surface area contributed by atoms with E-state index in [1.807, 2.05) is 0 Å². The summed E-state index contributed by atoms with van der Waals surface area (Å²) in [6.07, 6.45) is 4.99. The molecule has 1 saturated heterocycles. The summed E-state index contributed by atoms with van der Waals surface area (Å²) in [6, 6.07) is 6.74. The molecule has 2 amide bonds. The Balaban J connectivity index is 2.19. The fourth-order valence-electron chi connectivity index (χ4n) is 4.12. The van der Waals surface area contributed by atoms with E-state index in [1.165, 1.54) is 31.2 Å². The van der Waals surface area contributed by atoms with Gasteiger partial charge < -0.3 is 10.1 Å². The molecule has 0 saturated carbocycles. The average molecular weight is 485 g/mol. The second kappa shape index (κ2) is 9.68. The topological polar surface area (TPSA) is 127 Å². The van der Waals surface area contributed by atoms with Crippen molar-refractivity contribution in [2.45, 2.75) is 36.9 Å². The van der Waals surface area contributed by atoms with Gasteiger partial charge in [-0.25, -0.2) is 4.79 Å². The number of carbonyl (C=O) groups is 5. The minimum Gasteiger partial charge on any atom is -0.464 e. The smallest absolute Gasteiger partial charge is 0.354 e. The Morgan fingerprint density at radius 3 is 2.12 bits per heavy atom. The molecule has 2 aliphatic rings. The fraction of sp³-hybridized carbons (Fsp3) is 0.292. The summed E-state index contributed by atoms with van der Waals surface area (Å²) in [6.45, 7) is 4.42. The van der Waals surface area contributed by atoms with Crippen molar-refractivity contribution < 1.29 is 32.9 Å². The number of ketones is 2. The van der Waals surface area contributed by atoms with Gasteiger partial charge in [-0.1, -0.05) is 30.4 Å². The predicted molar refractivity (Wildman–Crippen MR) is 124 cm³/mol. The van der Waals surface area contributed by atoms with E-state index in [-0.39, 0.29) is 16.8 Å². The summed E-state index contributed by atoms with van der Waals surface area (Å²) < 4.78 is 16.5. The molecule has 10 heteroatoms. The van der Waals surface area contributed by atoms with Crippen LogP contribution in [0.4, 0.5) is 0 Å². The maximum absolute atomic E-state index is 14.0. The zero-order valence-electron chi connectivity index (χ0n) is 19.1. The van der Waals surface area contributed by atoms with E-state index < -0.39 is 56.3 Å². The minimum atomic E-state index is -2.36. The van der Waals surface area contributed by atoms with Crippen LogP contribution in [0.5, 0.6) is 0 Å². The van der Waals surface area contributed by atoms with Crippen molar-refractivity contribution in [3.8, 4) is 0 Å². The van der Waals surface area contributed by atoms with Crippen molar-refractivity contribution in [3.05, 3.63) is 71.5 Å². The van der Waals surface area contributed by atoms with Crippen molar-refractivity contribution in [1.29, 1.82) is 0 Å². The lowest BCUT2D eigenvalue weighted by molar-refractivity contribution is -0.150. The van der Waals surface area contributed by atoms with Crippen LogP contribution in [-0.2, 0) is 34.7 Å². The van der Waals surface area contributed by atoms with Gasteiger partial charge in [0.25, 0.3) is 11.8 Å². The van der Waals surface area contributed by atoms with Crippen LogP contribution in [0.15, 0.2) is 65.9 Å². The lowest BCUT2D eigenvalue weighted by Crippen LogP contribution is -2.77. The lowest BCUT2D eigenvalue weighted by atomic mass is 9.86. The van der Waals surface area contributed by atoms with Crippen LogP contribution in [0, 0.1) is 0 Å². The van der Waals surface area contributed by atoms with Crippen molar-refractivity contribution in [1.82, 2.24) is 10.2 Å². The average Bonchev–Trinajstić information content (AvgIpc) is 2.83. The zero-order chi connectivity index (χ0) is 25.2. The molecule has 0 aliphatic carbocycles. The first-order valence-corrected chi connectivity index (χ1v) is 11.6. The molecule has 2 aliphatic heterocycles. The number of nitrogens with zero attached hydrogens (tertiary/aromatic N) is 1. The van der Waals surface area contributed by atoms with Crippen molar-refractivity contribution >= 4 is 40.1 Å². The summed E-state index contributed by atoms with van der Waals surface area (Å²) in [5.74, 6) is -3.88. The SMILES string of the molecule is C/C=C/C(=O)C1(C(=O)/C=C/C)C(C)=C(C(=O)OC)N2C(=O)[C@@H](NC(=O)c3ccccc3)[C@H]2S1=O. The lowest BCUT2D eigenvalue weighted by Gasteiger charge is -2.53.